The molecule has 0 saturated heterocycles. The average Bonchev–Trinajstić information content (AvgIpc) is 2.79. The number of halogens is 1. The zero-order valence-electron chi connectivity index (χ0n) is 21.5. The van der Waals surface area contributed by atoms with E-state index in [1.807, 2.05) is 32.8 Å². The monoisotopic (exact) mass is 538 g/mol. The van der Waals surface area contributed by atoms with Crippen molar-refractivity contribution in [3.63, 3.8) is 0 Å². The molecule has 0 saturated carbocycles. The molecule has 1 radical (unpaired) electrons. The number of nitrogens with one attached hydrogen (secondary N) is 1. The Kier molecular flexibility index (Phi) is 11.2. The van der Waals surface area contributed by atoms with Gasteiger partial charge >= 0.3 is 0 Å². The van der Waals surface area contributed by atoms with Crippen molar-refractivity contribution in [2.75, 3.05) is 21.2 Å². The van der Waals surface area contributed by atoms with Crippen LogP contribution in [0.3, 0.4) is 0 Å². The number of carbonyl (C=O) groups excluding carboxylic acids is 1. The summed E-state index contributed by atoms with van der Waals surface area (Å²) in [6.07, 6.45) is 1.29. The van der Waals surface area contributed by atoms with Gasteiger partial charge in [0, 0.05) is 70.2 Å². The van der Waals surface area contributed by atoms with Gasteiger partial charge in [-0.25, -0.2) is 22.5 Å². The van der Waals surface area contributed by atoms with Crippen LogP contribution in [-0.2, 0) is 27.8 Å². The van der Waals surface area contributed by atoms with Crippen LogP contribution in [0.25, 0.3) is 11.1 Å². The van der Waals surface area contributed by atoms with Crippen LogP contribution in [0.2, 0.25) is 0 Å². The van der Waals surface area contributed by atoms with E-state index >= 15 is 0 Å². The fraction of sp³-hybridized carbons (Fsp3) is 0.308. The Morgan fingerprint density at radius 2 is 1.78 bits per heavy atom. The summed E-state index contributed by atoms with van der Waals surface area (Å²) in [4.78, 5) is 19.0. The number of sulfonamides is 1. The van der Waals surface area contributed by atoms with Gasteiger partial charge in [-0.05, 0) is 78.2 Å². The smallest absolute Gasteiger partial charge is 0.264 e. The second kappa shape index (κ2) is 13.2. The first-order chi connectivity index (χ1) is 16.5. The number of carbonyl (C=O) groups is 1. The molecule has 0 unspecified atom stereocenters. The van der Waals surface area contributed by atoms with Crippen molar-refractivity contribution in [3.8, 4) is 17.0 Å². The Bertz CT molecular complexity index is 1310. The first kappa shape index (κ1) is 30.6. The van der Waals surface area contributed by atoms with Gasteiger partial charge in [-0.15, -0.1) is 0 Å². The first-order valence-electron chi connectivity index (χ1n) is 11.1. The summed E-state index contributed by atoms with van der Waals surface area (Å²) in [5, 5.41) is 0. The van der Waals surface area contributed by atoms with Crippen molar-refractivity contribution in [1.82, 2.24) is 14.6 Å². The van der Waals surface area contributed by atoms with E-state index < -0.39 is 21.7 Å². The number of aromatic nitrogens is 1. The van der Waals surface area contributed by atoms with Crippen molar-refractivity contribution in [3.05, 3.63) is 77.2 Å². The van der Waals surface area contributed by atoms with Gasteiger partial charge in [0.15, 0.2) is 0 Å². The molecule has 0 atom stereocenters. The van der Waals surface area contributed by atoms with Gasteiger partial charge < -0.3 is 9.64 Å². The molecule has 36 heavy (non-hydrogen) atoms. The number of methoxy groups -OCH3 is 1. The summed E-state index contributed by atoms with van der Waals surface area (Å²) in [5.41, 5.74) is 3.21. The van der Waals surface area contributed by atoms with E-state index in [-0.39, 0.29) is 68.6 Å². The molecule has 0 fully saturated rings. The minimum absolute atomic E-state index is 0. The molecule has 3 aromatic rings. The van der Waals surface area contributed by atoms with Gasteiger partial charge in [-0.3, -0.25) is 4.79 Å². The second-order valence-corrected chi connectivity index (χ2v) is 10.5. The third-order valence-corrected chi connectivity index (χ3v) is 6.83. The molecule has 3 rings (SSSR count). The summed E-state index contributed by atoms with van der Waals surface area (Å²) in [6, 6.07) is 12.4. The van der Waals surface area contributed by atoms with Gasteiger partial charge in [0.1, 0.15) is 5.82 Å². The summed E-state index contributed by atoms with van der Waals surface area (Å²) in [7, 11) is 1.24. The molecular formula is C26H30FKN3O4S. The topological polar surface area (TPSA) is 88.6 Å². The Morgan fingerprint density at radius 1 is 1.11 bits per heavy atom. The third kappa shape index (κ3) is 7.92. The van der Waals surface area contributed by atoms with E-state index in [4.69, 9.17) is 4.74 Å². The number of rotatable bonds is 9. The first-order valence-corrected chi connectivity index (χ1v) is 12.6. The largest absolute Gasteiger partial charge is 0.481 e. The Balaban J connectivity index is 0.00000456. The molecule has 0 aliphatic carbocycles. The van der Waals surface area contributed by atoms with Gasteiger partial charge in [-0.1, -0.05) is 26.0 Å². The zero-order chi connectivity index (χ0) is 25.8. The molecule has 0 bridgehead atoms. The molecule has 0 aliphatic heterocycles. The number of ether oxygens (including phenoxy) is 1. The van der Waals surface area contributed by atoms with Crippen LogP contribution in [-0.4, -0.2) is 96.8 Å². The number of hydrogen-bond acceptors (Lipinski definition) is 6. The van der Waals surface area contributed by atoms with Gasteiger partial charge in [-0.2, -0.15) is 0 Å². The molecule has 7 nitrogen and oxygen atoms in total. The minimum atomic E-state index is -4.07. The average molecular weight is 539 g/mol. The van der Waals surface area contributed by atoms with Crippen molar-refractivity contribution in [2.45, 2.75) is 37.6 Å². The maximum absolute atomic E-state index is 14.5. The molecule has 1 aromatic heterocycles. The van der Waals surface area contributed by atoms with Crippen molar-refractivity contribution in [2.24, 2.45) is 0 Å². The maximum atomic E-state index is 14.5. The number of amides is 1. The Labute approximate surface area is 254 Å². The fourth-order valence-corrected chi connectivity index (χ4v) is 4.85. The molecule has 1 amide bonds. The zero-order valence-corrected chi connectivity index (χ0v) is 25.4. The quantitative estimate of drug-likeness (QED) is 0.418. The van der Waals surface area contributed by atoms with Crippen LogP contribution in [0.1, 0.15) is 36.5 Å². The van der Waals surface area contributed by atoms with Crippen LogP contribution < -0.4 is 9.46 Å². The molecular weight excluding hydrogens is 508 g/mol. The summed E-state index contributed by atoms with van der Waals surface area (Å²) < 4.78 is 47.6. The number of benzene rings is 2. The van der Waals surface area contributed by atoms with Gasteiger partial charge in [0.05, 0.1) is 18.4 Å². The molecule has 0 spiro atoms. The van der Waals surface area contributed by atoms with E-state index in [1.54, 1.807) is 24.3 Å². The van der Waals surface area contributed by atoms with Crippen LogP contribution >= 0.6 is 0 Å². The summed E-state index contributed by atoms with van der Waals surface area (Å²) >= 11 is 0. The molecule has 1 N–H and O–H groups in total. The third-order valence-electron chi connectivity index (χ3n) is 5.44. The summed E-state index contributed by atoms with van der Waals surface area (Å²) in [6.45, 7) is 4.44. The maximum Gasteiger partial charge on any atom is 0.264 e. The minimum Gasteiger partial charge on any atom is -0.481 e. The van der Waals surface area contributed by atoms with Crippen molar-refractivity contribution < 1.29 is 22.3 Å². The molecule has 187 valence electrons. The Morgan fingerprint density at radius 3 is 2.36 bits per heavy atom. The molecule has 1 heterocycles. The number of hydrogen-bond donors (Lipinski definition) is 1. The summed E-state index contributed by atoms with van der Waals surface area (Å²) in [5.74, 6) is -0.919. The standard InChI is InChI=1S/C26H30FN3O4S.K/c1-17(2)22-13-20(27)14-23(19-10-11-28-26(12-19)34-5)24(22)15-25(31)29-35(32,33)21-8-6-18(7-9-21)16-30(3)4;/h6-14,17H,15-16H2,1-5H3,(H,29,31);. The second-order valence-electron chi connectivity index (χ2n) is 8.85. The van der Waals surface area contributed by atoms with E-state index in [9.17, 15) is 17.6 Å². The molecule has 0 aliphatic rings. The fourth-order valence-electron chi connectivity index (χ4n) is 3.86. The van der Waals surface area contributed by atoms with Crippen LogP contribution in [0.15, 0.2) is 59.6 Å². The van der Waals surface area contributed by atoms with E-state index in [0.29, 0.717) is 34.7 Å². The van der Waals surface area contributed by atoms with Crippen LogP contribution in [0, 0.1) is 5.82 Å². The molecule has 10 heteroatoms. The predicted octanol–water partition coefficient (Wildman–Crippen LogP) is 3.75. The molecule has 2 aromatic carbocycles. The Hall–Kier alpha value is -1.66. The van der Waals surface area contributed by atoms with E-state index in [1.165, 1.54) is 37.6 Å². The number of nitrogens with zero attached hydrogens (tertiary/aromatic N) is 2. The van der Waals surface area contributed by atoms with E-state index in [0.717, 1.165) is 5.56 Å². The van der Waals surface area contributed by atoms with Gasteiger partial charge in [0.2, 0.25) is 11.8 Å². The SMILES string of the molecule is COc1cc(-c2cc(F)cc(C(C)C)c2CC(=O)NS(=O)(=O)c2ccc(CN(C)C)cc2)ccn1.[K]. The normalized spacial score (nSPS) is 11.3. The van der Waals surface area contributed by atoms with Crippen LogP contribution in [0.4, 0.5) is 4.39 Å². The predicted molar refractivity (Wildman–Crippen MR) is 139 cm³/mol. The van der Waals surface area contributed by atoms with Crippen molar-refractivity contribution in [1.29, 1.82) is 0 Å². The number of pyridine rings is 1. The van der Waals surface area contributed by atoms with Crippen molar-refractivity contribution >= 4 is 67.3 Å². The van der Waals surface area contributed by atoms with Crippen LogP contribution in [0.5, 0.6) is 5.88 Å². The van der Waals surface area contributed by atoms with E-state index in [2.05, 4.69) is 9.71 Å². The van der Waals surface area contributed by atoms with Gasteiger partial charge in [0.25, 0.3) is 10.0 Å².